The van der Waals surface area contributed by atoms with Crippen LogP contribution in [-0.2, 0) is 9.53 Å². The van der Waals surface area contributed by atoms with Gasteiger partial charge in [-0.05, 0) is 38.0 Å². The molecule has 0 bridgehead atoms. The first-order chi connectivity index (χ1) is 14.0. The van der Waals surface area contributed by atoms with Gasteiger partial charge in [-0.15, -0.1) is 0 Å². The monoisotopic (exact) mass is 457 g/mol. The zero-order valence-corrected chi connectivity index (χ0v) is 17.9. The van der Waals surface area contributed by atoms with Gasteiger partial charge in [-0.1, -0.05) is 34.5 Å². The minimum absolute atomic E-state index is 0.139. The maximum atomic E-state index is 13.1. The second-order valence-corrected chi connectivity index (χ2v) is 9.39. The number of aromatic nitrogens is 3. The van der Waals surface area contributed by atoms with Crippen LogP contribution >= 0.6 is 34.5 Å². The Bertz CT molecular complexity index is 892. The van der Waals surface area contributed by atoms with Crippen molar-refractivity contribution in [1.82, 2.24) is 20.1 Å². The number of carbonyl (C=O) groups excluding carboxylic acids is 2. The molecule has 156 valence electrons. The lowest BCUT2D eigenvalue weighted by atomic mass is 9.92. The summed E-state index contributed by atoms with van der Waals surface area (Å²) in [6, 6.07) is -0.430. The molecule has 1 atom stereocenters. The Balaban J connectivity index is 1.55. The Morgan fingerprint density at radius 2 is 2.03 bits per heavy atom. The smallest absolute Gasteiger partial charge is 0.273 e. The van der Waals surface area contributed by atoms with Gasteiger partial charge in [0.25, 0.3) is 11.8 Å². The highest BCUT2D eigenvalue weighted by Gasteiger charge is 2.31. The Morgan fingerprint density at radius 3 is 2.69 bits per heavy atom. The van der Waals surface area contributed by atoms with Gasteiger partial charge in [0.05, 0.1) is 11.2 Å². The van der Waals surface area contributed by atoms with Crippen molar-refractivity contribution in [1.29, 1.82) is 0 Å². The van der Waals surface area contributed by atoms with Crippen molar-refractivity contribution in [2.24, 2.45) is 5.92 Å². The maximum absolute atomic E-state index is 13.1. The molecule has 0 spiro atoms. The summed E-state index contributed by atoms with van der Waals surface area (Å²) in [5.41, 5.74) is 0.139. The van der Waals surface area contributed by atoms with Crippen LogP contribution in [0.4, 0.5) is 5.13 Å². The van der Waals surface area contributed by atoms with E-state index in [1.165, 1.54) is 22.2 Å². The van der Waals surface area contributed by atoms with Gasteiger partial charge in [0.15, 0.2) is 10.8 Å². The molecule has 2 aromatic rings. The van der Waals surface area contributed by atoms with Gasteiger partial charge in [0.2, 0.25) is 0 Å². The van der Waals surface area contributed by atoms with Crippen molar-refractivity contribution in [3.63, 3.8) is 0 Å². The number of amides is 2. The molecule has 2 N–H and O–H groups in total. The molecule has 2 fully saturated rings. The molecule has 1 saturated heterocycles. The summed E-state index contributed by atoms with van der Waals surface area (Å²) in [6.07, 6.45) is 7.27. The van der Waals surface area contributed by atoms with Crippen LogP contribution in [0.1, 0.15) is 48.6 Å². The predicted molar refractivity (Wildman–Crippen MR) is 111 cm³/mol. The fraction of sp³-hybridized carbons (Fsp3) is 0.556. The topological polar surface area (TPSA) is 98.1 Å². The van der Waals surface area contributed by atoms with Gasteiger partial charge in [0, 0.05) is 25.5 Å². The van der Waals surface area contributed by atoms with E-state index in [1.807, 2.05) is 0 Å². The van der Waals surface area contributed by atoms with Gasteiger partial charge < -0.3 is 15.4 Å². The van der Waals surface area contributed by atoms with Crippen LogP contribution in [0.3, 0.4) is 0 Å². The summed E-state index contributed by atoms with van der Waals surface area (Å²) >= 11 is 13.4. The standard InChI is InChI=1S/C18H21Cl2N5O3S/c19-12-9-25(24-15(12)17(27)22-11-1-2-11)13(7-10-3-5-28-6-4-10)16(26)23-18-21-8-14(20)29-18/h8-11,13H,1-7H2,(H,22,27)(H,21,23,26). The second-order valence-electron chi connectivity index (χ2n) is 7.32. The molecule has 1 unspecified atom stereocenters. The van der Waals surface area contributed by atoms with Crippen molar-refractivity contribution >= 4 is 51.5 Å². The van der Waals surface area contributed by atoms with Crippen LogP contribution in [-0.4, -0.2) is 45.8 Å². The van der Waals surface area contributed by atoms with Crippen LogP contribution in [0.2, 0.25) is 9.36 Å². The highest BCUT2D eigenvalue weighted by Crippen LogP contribution is 2.30. The summed E-state index contributed by atoms with van der Waals surface area (Å²) in [5, 5.41) is 10.7. The van der Waals surface area contributed by atoms with Crippen LogP contribution in [0.15, 0.2) is 12.4 Å². The van der Waals surface area contributed by atoms with E-state index in [0.717, 1.165) is 25.7 Å². The first-order valence-corrected chi connectivity index (χ1v) is 11.1. The fourth-order valence-corrected chi connectivity index (χ4v) is 4.34. The summed E-state index contributed by atoms with van der Waals surface area (Å²) in [7, 11) is 0. The molecule has 1 aliphatic carbocycles. The van der Waals surface area contributed by atoms with Gasteiger partial charge in [-0.25, -0.2) is 4.98 Å². The number of nitrogens with one attached hydrogen (secondary N) is 2. The van der Waals surface area contributed by atoms with Crippen molar-refractivity contribution in [2.75, 3.05) is 18.5 Å². The molecular formula is C18H21Cl2N5O3S. The molecule has 2 aromatic heterocycles. The van der Waals surface area contributed by atoms with E-state index in [-0.39, 0.29) is 28.6 Å². The molecule has 2 aliphatic rings. The quantitative estimate of drug-likeness (QED) is 0.662. The molecule has 1 saturated carbocycles. The normalized spacial score (nSPS) is 18.4. The van der Waals surface area contributed by atoms with E-state index < -0.39 is 6.04 Å². The summed E-state index contributed by atoms with van der Waals surface area (Å²) in [5.74, 6) is -0.268. The highest BCUT2D eigenvalue weighted by molar-refractivity contribution is 7.19. The first-order valence-electron chi connectivity index (χ1n) is 9.55. The zero-order valence-electron chi connectivity index (χ0n) is 15.6. The Kier molecular flexibility index (Phi) is 6.38. The van der Waals surface area contributed by atoms with Gasteiger partial charge in [-0.2, -0.15) is 5.10 Å². The SMILES string of the molecule is O=C(NC1CC1)c1nn(C(CC2CCOCC2)C(=O)Nc2ncc(Cl)s2)cc1Cl. The maximum Gasteiger partial charge on any atom is 0.273 e. The predicted octanol–water partition coefficient (Wildman–Crippen LogP) is 3.54. The van der Waals surface area contributed by atoms with E-state index in [4.69, 9.17) is 27.9 Å². The van der Waals surface area contributed by atoms with Crippen molar-refractivity contribution in [2.45, 2.75) is 44.2 Å². The van der Waals surface area contributed by atoms with Crippen LogP contribution in [0.5, 0.6) is 0 Å². The third-order valence-electron chi connectivity index (χ3n) is 5.04. The van der Waals surface area contributed by atoms with E-state index in [9.17, 15) is 9.59 Å². The molecule has 8 nitrogen and oxygen atoms in total. The molecule has 3 heterocycles. The fourth-order valence-electron chi connectivity index (χ4n) is 3.30. The number of carbonyl (C=O) groups is 2. The summed E-state index contributed by atoms with van der Waals surface area (Å²) in [4.78, 5) is 29.5. The number of anilines is 1. The van der Waals surface area contributed by atoms with Crippen molar-refractivity contribution in [3.05, 3.63) is 27.4 Å². The van der Waals surface area contributed by atoms with E-state index in [0.29, 0.717) is 35.0 Å². The van der Waals surface area contributed by atoms with Gasteiger partial charge >= 0.3 is 0 Å². The van der Waals surface area contributed by atoms with Crippen LogP contribution in [0, 0.1) is 5.92 Å². The number of thiazole rings is 1. The number of hydrogen-bond acceptors (Lipinski definition) is 6. The third-order valence-corrected chi connectivity index (χ3v) is 6.35. The largest absolute Gasteiger partial charge is 0.381 e. The Morgan fingerprint density at radius 1 is 1.28 bits per heavy atom. The number of halogens is 2. The zero-order chi connectivity index (χ0) is 20.4. The lowest BCUT2D eigenvalue weighted by Gasteiger charge is -2.26. The van der Waals surface area contributed by atoms with Crippen molar-refractivity contribution < 1.29 is 14.3 Å². The van der Waals surface area contributed by atoms with Crippen LogP contribution in [0.25, 0.3) is 0 Å². The number of hydrogen-bond donors (Lipinski definition) is 2. The number of ether oxygens (including phenoxy) is 1. The Labute approximate surface area is 181 Å². The average Bonchev–Trinajstić information content (AvgIpc) is 3.29. The second kappa shape index (κ2) is 8.99. The molecule has 29 heavy (non-hydrogen) atoms. The van der Waals surface area contributed by atoms with E-state index in [2.05, 4.69) is 20.7 Å². The molecule has 2 amide bonds. The lowest BCUT2D eigenvalue weighted by Crippen LogP contribution is -2.31. The van der Waals surface area contributed by atoms with E-state index in [1.54, 1.807) is 6.20 Å². The minimum atomic E-state index is -0.624. The molecule has 0 radical (unpaired) electrons. The van der Waals surface area contributed by atoms with Crippen molar-refractivity contribution in [3.8, 4) is 0 Å². The summed E-state index contributed by atoms with van der Waals surface area (Å²) < 4.78 is 7.40. The van der Waals surface area contributed by atoms with E-state index >= 15 is 0 Å². The minimum Gasteiger partial charge on any atom is -0.381 e. The molecular weight excluding hydrogens is 437 g/mol. The third kappa shape index (κ3) is 5.28. The van der Waals surface area contributed by atoms with Crippen LogP contribution < -0.4 is 10.6 Å². The molecule has 0 aromatic carbocycles. The molecule has 1 aliphatic heterocycles. The highest BCUT2D eigenvalue weighted by atomic mass is 35.5. The number of rotatable bonds is 7. The lowest BCUT2D eigenvalue weighted by molar-refractivity contribution is -0.120. The summed E-state index contributed by atoms with van der Waals surface area (Å²) in [6.45, 7) is 1.35. The average molecular weight is 458 g/mol. The first kappa shape index (κ1) is 20.6. The van der Waals surface area contributed by atoms with Gasteiger partial charge in [0.1, 0.15) is 10.4 Å². The number of nitrogens with zero attached hydrogens (tertiary/aromatic N) is 3. The molecule has 11 heteroatoms. The van der Waals surface area contributed by atoms with Gasteiger partial charge in [-0.3, -0.25) is 14.3 Å². The molecule has 4 rings (SSSR count). The Hall–Kier alpha value is -1.68.